The van der Waals surface area contributed by atoms with Crippen LogP contribution in [-0.4, -0.2) is 22.4 Å². The van der Waals surface area contributed by atoms with Crippen molar-refractivity contribution in [3.8, 4) is 0 Å². The Labute approximate surface area is 93.2 Å². The summed E-state index contributed by atoms with van der Waals surface area (Å²) in [6.07, 6.45) is 1.55. The molecule has 0 spiro atoms. The lowest BCUT2D eigenvalue weighted by Gasteiger charge is -2.12. The SMILES string of the molecule is C/C=N\c1c(NC)c(=O)n(CC)c(=O)n1C. The first-order valence-electron chi connectivity index (χ1n) is 5.08. The molecule has 0 amide bonds. The van der Waals surface area contributed by atoms with E-state index < -0.39 is 0 Å². The van der Waals surface area contributed by atoms with Gasteiger partial charge >= 0.3 is 5.69 Å². The largest absolute Gasteiger partial charge is 0.381 e. The zero-order valence-corrected chi connectivity index (χ0v) is 9.94. The lowest BCUT2D eigenvalue weighted by Crippen LogP contribution is -2.39. The Bertz CT molecular complexity index is 525. The van der Waals surface area contributed by atoms with Crippen LogP contribution in [0.5, 0.6) is 0 Å². The van der Waals surface area contributed by atoms with Crippen molar-refractivity contribution in [3.05, 3.63) is 20.8 Å². The van der Waals surface area contributed by atoms with Crippen LogP contribution in [0, 0.1) is 0 Å². The van der Waals surface area contributed by atoms with E-state index in [0.717, 1.165) is 0 Å². The van der Waals surface area contributed by atoms with Gasteiger partial charge in [-0.1, -0.05) is 0 Å². The highest BCUT2D eigenvalue weighted by Crippen LogP contribution is 2.16. The standard InChI is InChI=1S/C10H16N4O2/c1-5-12-8-7(11-3)9(15)14(6-2)10(16)13(8)4/h5,11H,6H2,1-4H3/b12-5-. The van der Waals surface area contributed by atoms with Crippen LogP contribution in [0.4, 0.5) is 11.5 Å². The molecule has 88 valence electrons. The van der Waals surface area contributed by atoms with E-state index in [1.54, 1.807) is 34.2 Å². The van der Waals surface area contributed by atoms with E-state index >= 15 is 0 Å². The zero-order chi connectivity index (χ0) is 12.3. The molecule has 0 aromatic carbocycles. The minimum absolute atomic E-state index is 0.335. The fourth-order valence-electron chi connectivity index (χ4n) is 1.53. The number of rotatable bonds is 3. The second kappa shape index (κ2) is 4.78. The van der Waals surface area contributed by atoms with Crippen LogP contribution in [0.2, 0.25) is 0 Å². The van der Waals surface area contributed by atoms with Crippen molar-refractivity contribution in [2.75, 3.05) is 12.4 Å². The first kappa shape index (κ1) is 12.2. The summed E-state index contributed by atoms with van der Waals surface area (Å²) >= 11 is 0. The average molecular weight is 224 g/mol. The molecule has 1 aromatic heterocycles. The van der Waals surface area contributed by atoms with Crippen molar-refractivity contribution in [2.45, 2.75) is 20.4 Å². The molecule has 0 radical (unpaired) electrons. The third kappa shape index (κ3) is 1.78. The van der Waals surface area contributed by atoms with Crippen LogP contribution in [0.3, 0.4) is 0 Å². The first-order valence-corrected chi connectivity index (χ1v) is 5.08. The van der Waals surface area contributed by atoms with Gasteiger partial charge < -0.3 is 5.32 Å². The number of nitrogens with zero attached hydrogens (tertiary/aromatic N) is 3. The topological polar surface area (TPSA) is 68.4 Å². The zero-order valence-electron chi connectivity index (χ0n) is 9.94. The number of hydrogen-bond donors (Lipinski definition) is 1. The Morgan fingerprint density at radius 2 is 2.06 bits per heavy atom. The van der Waals surface area contributed by atoms with E-state index in [2.05, 4.69) is 10.3 Å². The molecule has 0 atom stereocenters. The smallest absolute Gasteiger partial charge is 0.332 e. The van der Waals surface area contributed by atoms with E-state index in [1.165, 1.54) is 9.13 Å². The normalized spacial score (nSPS) is 11.0. The van der Waals surface area contributed by atoms with Gasteiger partial charge in [-0.15, -0.1) is 0 Å². The Morgan fingerprint density at radius 1 is 1.44 bits per heavy atom. The number of nitrogens with one attached hydrogen (secondary N) is 1. The van der Waals surface area contributed by atoms with Crippen molar-refractivity contribution in [3.63, 3.8) is 0 Å². The van der Waals surface area contributed by atoms with Gasteiger partial charge in [0.15, 0.2) is 5.82 Å². The Morgan fingerprint density at radius 3 is 2.50 bits per heavy atom. The summed E-state index contributed by atoms with van der Waals surface area (Å²) in [5.74, 6) is 0.352. The molecule has 1 heterocycles. The number of anilines is 1. The predicted octanol–water partition coefficient (Wildman–Crippen LogP) is 0.331. The lowest BCUT2D eigenvalue weighted by atomic mass is 10.4. The molecule has 6 nitrogen and oxygen atoms in total. The summed E-state index contributed by atoms with van der Waals surface area (Å²) < 4.78 is 2.53. The van der Waals surface area contributed by atoms with Crippen LogP contribution in [0.1, 0.15) is 13.8 Å². The summed E-state index contributed by atoms with van der Waals surface area (Å²) in [7, 11) is 3.23. The van der Waals surface area contributed by atoms with E-state index in [4.69, 9.17) is 0 Å². The van der Waals surface area contributed by atoms with Gasteiger partial charge in [-0.3, -0.25) is 13.9 Å². The van der Waals surface area contributed by atoms with Gasteiger partial charge in [0.05, 0.1) is 0 Å². The van der Waals surface area contributed by atoms with Gasteiger partial charge in [0.25, 0.3) is 5.56 Å². The van der Waals surface area contributed by atoms with Crippen LogP contribution in [0.25, 0.3) is 0 Å². The molecule has 0 unspecified atom stereocenters. The monoisotopic (exact) mass is 224 g/mol. The van der Waals surface area contributed by atoms with Gasteiger partial charge in [-0.05, 0) is 13.8 Å². The molecular weight excluding hydrogens is 208 g/mol. The summed E-state index contributed by atoms with van der Waals surface area (Å²) in [6, 6.07) is 0. The molecule has 16 heavy (non-hydrogen) atoms. The van der Waals surface area contributed by atoms with Crippen LogP contribution >= 0.6 is 0 Å². The van der Waals surface area contributed by atoms with Gasteiger partial charge in [-0.25, -0.2) is 9.79 Å². The highest BCUT2D eigenvalue weighted by atomic mass is 16.2. The molecule has 1 rings (SSSR count). The molecule has 1 N–H and O–H groups in total. The van der Waals surface area contributed by atoms with Crippen molar-refractivity contribution in [2.24, 2.45) is 12.0 Å². The molecule has 0 aliphatic rings. The molecule has 0 aliphatic carbocycles. The number of hydrogen-bond acceptors (Lipinski definition) is 4. The second-order valence-electron chi connectivity index (χ2n) is 3.23. The molecule has 0 aliphatic heterocycles. The van der Waals surface area contributed by atoms with Crippen molar-refractivity contribution in [1.82, 2.24) is 9.13 Å². The highest BCUT2D eigenvalue weighted by molar-refractivity contribution is 5.67. The van der Waals surface area contributed by atoms with E-state index in [1.807, 2.05) is 0 Å². The minimum atomic E-state index is -0.355. The third-order valence-corrected chi connectivity index (χ3v) is 2.34. The molecule has 0 saturated heterocycles. The van der Waals surface area contributed by atoms with Gasteiger partial charge in [0.1, 0.15) is 5.69 Å². The third-order valence-electron chi connectivity index (χ3n) is 2.34. The van der Waals surface area contributed by atoms with Crippen LogP contribution in [0.15, 0.2) is 14.6 Å². The first-order chi connectivity index (χ1) is 7.58. The fourth-order valence-corrected chi connectivity index (χ4v) is 1.53. The minimum Gasteiger partial charge on any atom is -0.381 e. The van der Waals surface area contributed by atoms with Gasteiger partial charge in [0.2, 0.25) is 0 Å². The maximum atomic E-state index is 11.9. The Hall–Kier alpha value is -1.85. The van der Waals surface area contributed by atoms with E-state index in [-0.39, 0.29) is 11.2 Å². The van der Waals surface area contributed by atoms with Gasteiger partial charge in [0, 0.05) is 26.9 Å². The van der Waals surface area contributed by atoms with Crippen LogP contribution < -0.4 is 16.6 Å². The van der Waals surface area contributed by atoms with Crippen LogP contribution in [-0.2, 0) is 13.6 Å². The molecule has 1 aromatic rings. The second-order valence-corrected chi connectivity index (χ2v) is 3.23. The molecule has 0 saturated carbocycles. The molecule has 0 bridgehead atoms. The fraction of sp³-hybridized carbons (Fsp3) is 0.500. The maximum absolute atomic E-state index is 11.9. The number of aliphatic imine (C=N–C) groups is 1. The average Bonchev–Trinajstić information content (AvgIpc) is 2.27. The summed E-state index contributed by atoms with van der Waals surface area (Å²) in [5.41, 5.74) is -0.358. The summed E-state index contributed by atoms with van der Waals surface area (Å²) in [5, 5.41) is 2.78. The van der Waals surface area contributed by atoms with Gasteiger partial charge in [-0.2, -0.15) is 0 Å². The van der Waals surface area contributed by atoms with Crippen molar-refractivity contribution < 1.29 is 0 Å². The summed E-state index contributed by atoms with van der Waals surface area (Å²) in [6.45, 7) is 3.83. The van der Waals surface area contributed by atoms with Crippen molar-refractivity contribution >= 4 is 17.7 Å². The maximum Gasteiger partial charge on any atom is 0.332 e. The Balaban J connectivity index is 3.78. The quantitative estimate of drug-likeness (QED) is 0.752. The van der Waals surface area contributed by atoms with E-state index in [9.17, 15) is 9.59 Å². The predicted molar refractivity (Wildman–Crippen MR) is 65.0 cm³/mol. The van der Waals surface area contributed by atoms with E-state index in [0.29, 0.717) is 18.1 Å². The highest BCUT2D eigenvalue weighted by Gasteiger charge is 2.14. The summed E-state index contributed by atoms with van der Waals surface area (Å²) in [4.78, 5) is 27.8. The molecule has 6 heteroatoms. The lowest BCUT2D eigenvalue weighted by molar-refractivity contribution is 0.626. The Kier molecular flexibility index (Phi) is 3.65. The molecular formula is C10H16N4O2. The number of aromatic nitrogens is 2. The molecule has 0 fully saturated rings. The van der Waals surface area contributed by atoms with Crippen molar-refractivity contribution in [1.29, 1.82) is 0 Å².